The number of carbonyl (C=O) groups is 1. The summed E-state index contributed by atoms with van der Waals surface area (Å²) in [6.45, 7) is 6.99. The van der Waals surface area contributed by atoms with Crippen LogP contribution >= 0.6 is 0 Å². The summed E-state index contributed by atoms with van der Waals surface area (Å²) in [5.74, 6) is 0.105. The van der Waals surface area contributed by atoms with Crippen molar-refractivity contribution in [3.8, 4) is 0 Å². The zero-order valence-electron chi connectivity index (χ0n) is 12.0. The average Bonchev–Trinajstić information content (AvgIpc) is 2.39. The van der Waals surface area contributed by atoms with E-state index in [0.29, 0.717) is 19.5 Å². The Labute approximate surface area is 116 Å². The van der Waals surface area contributed by atoms with Gasteiger partial charge in [-0.05, 0) is 44.5 Å². The summed E-state index contributed by atoms with van der Waals surface area (Å²) in [7, 11) is 0. The van der Waals surface area contributed by atoms with Gasteiger partial charge in [0.1, 0.15) is 0 Å². The number of nitrogens with zero attached hydrogens (tertiary/aromatic N) is 1. The van der Waals surface area contributed by atoms with Crippen molar-refractivity contribution in [2.45, 2.75) is 26.7 Å². The molecule has 19 heavy (non-hydrogen) atoms. The van der Waals surface area contributed by atoms with Gasteiger partial charge in [0.15, 0.2) is 0 Å². The third kappa shape index (κ3) is 5.75. The van der Waals surface area contributed by atoms with Crippen molar-refractivity contribution in [2.24, 2.45) is 5.73 Å². The molecule has 4 heteroatoms. The van der Waals surface area contributed by atoms with E-state index < -0.39 is 0 Å². The van der Waals surface area contributed by atoms with Crippen molar-refractivity contribution < 1.29 is 4.79 Å². The van der Waals surface area contributed by atoms with Crippen LogP contribution in [0.5, 0.6) is 0 Å². The number of rotatable bonds is 8. The molecule has 106 valence electrons. The first-order valence-corrected chi connectivity index (χ1v) is 6.95. The van der Waals surface area contributed by atoms with Gasteiger partial charge in [-0.15, -0.1) is 0 Å². The molecule has 0 unspecified atom stereocenters. The summed E-state index contributed by atoms with van der Waals surface area (Å²) in [5.41, 5.74) is 7.98. The first-order chi connectivity index (χ1) is 9.17. The highest BCUT2D eigenvalue weighted by Gasteiger charge is 2.08. The molecule has 0 spiro atoms. The summed E-state index contributed by atoms with van der Waals surface area (Å²) in [6.07, 6.45) is 1.45. The van der Waals surface area contributed by atoms with Crippen molar-refractivity contribution in [1.29, 1.82) is 0 Å². The van der Waals surface area contributed by atoms with E-state index in [1.165, 1.54) is 5.56 Å². The number of benzene rings is 1. The third-order valence-electron chi connectivity index (χ3n) is 2.98. The monoisotopic (exact) mass is 263 g/mol. The van der Waals surface area contributed by atoms with E-state index in [4.69, 9.17) is 5.73 Å². The minimum Gasteiger partial charge on any atom is -0.371 e. The number of hydrogen-bond donors (Lipinski definition) is 2. The maximum Gasteiger partial charge on any atom is 0.221 e. The van der Waals surface area contributed by atoms with E-state index >= 15 is 0 Å². The molecule has 0 saturated heterocycles. The maximum atomic E-state index is 11.6. The van der Waals surface area contributed by atoms with Crippen molar-refractivity contribution in [1.82, 2.24) is 5.32 Å². The van der Waals surface area contributed by atoms with Gasteiger partial charge in [0.25, 0.3) is 0 Å². The molecule has 4 nitrogen and oxygen atoms in total. The van der Waals surface area contributed by atoms with E-state index in [0.717, 1.165) is 25.2 Å². The molecule has 0 aliphatic rings. The molecule has 1 aromatic carbocycles. The molecule has 1 aromatic rings. The van der Waals surface area contributed by atoms with Gasteiger partial charge in [-0.2, -0.15) is 0 Å². The summed E-state index contributed by atoms with van der Waals surface area (Å²) < 4.78 is 0. The Bertz CT molecular complexity index is 393. The molecule has 0 aliphatic heterocycles. The van der Waals surface area contributed by atoms with Gasteiger partial charge in [0.05, 0.1) is 0 Å². The van der Waals surface area contributed by atoms with Crippen LogP contribution in [0.2, 0.25) is 0 Å². The van der Waals surface area contributed by atoms with Gasteiger partial charge in [-0.3, -0.25) is 4.79 Å². The Morgan fingerprint density at radius 3 is 2.79 bits per heavy atom. The first-order valence-electron chi connectivity index (χ1n) is 6.95. The van der Waals surface area contributed by atoms with Gasteiger partial charge in [0, 0.05) is 31.7 Å². The normalized spacial score (nSPS) is 10.3. The standard InChI is InChI=1S/C15H25N3O/c1-3-17-15(19)8-11-18(10-5-9-16)14-7-4-6-13(2)12-14/h4,6-7,12H,3,5,8-11,16H2,1-2H3,(H,17,19). The number of amides is 1. The Morgan fingerprint density at radius 2 is 2.16 bits per heavy atom. The lowest BCUT2D eigenvalue weighted by atomic mass is 10.2. The molecule has 0 bridgehead atoms. The largest absolute Gasteiger partial charge is 0.371 e. The Morgan fingerprint density at radius 1 is 1.37 bits per heavy atom. The molecule has 0 fully saturated rings. The van der Waals surface area contributed by atoms with Gasteiger partial charge < -0.3 is 16.0 Å². The number of nitrogens with one attached hydrogen (secondary N) is 1. The molecule has 1 amide bonds. The molecule has 3 N–H and O–H groups in total. The van der Waals surface area contributed by atoms with E-state index in [1.54, 1.807) is 0 Å². The van der Waals surface area contributed by atoms with Crippen molar-refractivity contribution in [2.75, 3.05) is 31.1 Å². The minimum absolute atomic E-state index is 0.105. The fourth-order valence-electron chi connectivity index (χ4n) is 2.00. The van der Waals surface area contributed by atoms with Crippen molar-refractivity contribution in [3.05, 3.63) is 29.8 Å². The molecule has 0 saturated carbocycles. The average molecular weight is 263 g/mol. The topological polar surface area (TPSA) is 58.4 Å². The fraction of sp³-hybridized carbons (Fsp3) is 0.533. The Kier molecular flexibility index (Phi) is 6.97. The van der Waals surface area contributed by atoms with Crippen LogP contribution in [-0.2, 0) is 4.79 Å². The lowest BCUT2D eigenvalue weighted by Crippen LogP contribution is -2.32. The predicted molar refractivity (Wildman–Crippen MR) is 80.4 cm³/mol. The van der Waals surface area contributed by atoms with Crippen LogP contribution in [0.25, 0.3) is 0 Å². The minimum atomic E-state index is 0.105. The van der Waals surface area contributed by atoms with Gasteiger partial charge >= 0.3 is 0 Å². The van der Waals surface area contributed by atoms with Crippen LogP contribution in [0.3, 0.4) is 0 Å². The summed E-state index contributed by atoms with van der Waals surface area (Å²) in [5, 5.41) is 2.83. The zero-order valence-corrected chi connectivity index (χ0v) is 12.0. The van der Waals surface area contributed by atoms with Gasteiger partial charge in [0.2, 0.25) is 5.91 Å². The van der Waals surface area contributed by atoms with E-state index in [9.17, 15) is 4.79 Å². The number of hydrogen-bond acceptors (Lipinski definition) is 3. The van der Waals surface area contributed by atoms with Crippen LogP contribution in [-0.4, -0.2) is 32.1 Å². The van der Waals surface area contributed by atoms with Crippen LogP contribution in [0.15, 0.2) is 24.3 Å². The summed E-state index contributed by atoms with van der Waals surface area (Å²) >= 11 is 0. The third-order valence-corrected chi connectivity index (χ3v) is 2.98. The first kappa shape index (κ1) is 15.5. The molecule has 1 rings (SSSR count). The summed E-state index contributed by atoms with van der Waals surface area (Å²) in [4.78, 5) is 13.8. The lowest BCUT2D eigenvalue weighted by Gasteiger charge is -2.25. The predicted octanol–water partition coefficient (Wildman–Crippen LogP) is 1.68. The number of anilines is 1. The molecule has 0 radical (unpaired) electrons. The molecular formula is C15H25N3O. The van der Waals surface area contributed by atoms with E-state index in [2.05, 4.69) is 35.3 Å². The number of carbonyl (C=O) groups excluding carboxylic acids is 1. The highest BCUT2D eigenvalue weighted by molar-refractivity contribution is 5.76. The highest BCUT2D eigenvalue weighted by Crippen LogP contribution is 2.16. The van der Waals surface area contributed by atoms with Crippen LogP contribution in [0.4, 0.5) is 5.69 Å². The maximum absolute atomic E-state index is 11.6. The second-order valence-corrected chi connectivity index (χ2v) is 4.67. The quantitative estimate of drug-likeness (QED) is 0.750. The summed E-state index contributed by atoms with van der Waals surface area (Å²) in [6, 6.07) is 8.36. The van der Waals surface area contributed by atoms with E-state index in [-0.39, 0.29) is 5.91 Å². The van der Waals surface area contributed by atoms with E-state index in [1.807, 2.05) is 13.0 Å². The number of nitrogens with two attached hydrogens (primary N) is 1. The zero-order chi connectivity index (χ0) is 14.1. The fourth-order valence-corrected chi connectivity index (χ4v) is 2.00. The Hall–Kier alpha value is -1.55. The smallest absolute Gasteiger partial charge is 0.221 e. The second-order valence-electron chi connectivity index (χ2n) is 4.67. The number of aryl methyl sites for hydroxylation is 1. The SMILES string of the molecule is CCNC(=O)CCN(CCCN)c1cccc(C)c1. The molecule has 0 aliphatic carbocycles. The lowest BCUT2D eigenvalue weighted by molar-refractivity contribution is -0.120. The molecule has 0 heterocycles. The highest BCUT2D eigenvalue weighted by atomic mass is 16.1. The van der Waals surface area contributed by atoms with Crippen LogP contribution in [0.1, 0.15) is 25.3 Å². The second kappa shape index (κ2) is 8.53. The van der Waals surface area contributed by atoms with Crippen LogP contribution < -0.4 is 16.0 Å². The van der Waals surface area contributed by atoms with Gasteiger partial charge in [-0.1, -0.05) is 12.1 Å². The molecular weight excluding hydrogens is 238 g/mol. The molecule has 0 aromatic heterocycles. The molecule has 0 atom stereocenters. The van der Waals surface area contributed by atoms with Crippen molar-refractivity contribution in [3.63, 3.8) is 0 Å². The Balaban J connectivity index is 2.63. The van der Waals surface area contributed by atoms with Gasteiger partial charge in [-0.25, -0.2) is 0 Å². The van der Waals surface area contributed by atoms with Crippen LogP contribution in [0, 0.1) is 6.92 Å². The van der Waals surface area contributed by atoms with Crippen molar-refractivity contribution >= 4 is 11.6 Å².